The molecule has 0 radical (unpaired) electrons. The Morgan fingerprint density at radius 2 is 1.76 bits per heavy atom. The summed E-state index contributed by atoms with van der Waals surface area (Å²) in [5.41, 5.74) is 4.17. The Hall–Kier alpha value is -2.80. The number of benzene rings is 1. The van der Waals surface area contributed by atoms with E-state index in [0.717, 1.165) is 76.5 Å². The van der Waals surface area contributed by atoms with Crippen LogP contribution in [-0.2, 0) is 17.9 Å². The van der Waals surface area contributed by atoms with E-state index in [2.05, 4.69) is 39.1 Å². The van der Waals surface area contributed by atoms with E-state index < -0.39 is 0 Å². The molecule has 2 saturated heterocycles. The summed E-state index contributed by atoms with van der Waals surface area (Å²) >= 11 is 0. The fourth-order valence-corrected chi connectivity index (χ4v) is 5.35. The molecule has 1 atom stereocenters. The minimum absolute atomic E-state index is 0.0425. The minimum Gasteiger partial charge on any atom is -0.342 e. The molecule has 0 saturated carbocycles. The molecule has 1 aromatic heterocycles. The van der Waals surface area contributed by atoms with Crippen LogP contribution in [0.5, 0.6) is 0 Å². The number of fused-ring (bicyclic) bond motifs is 1. The third kappa shape index (κ3) is 4.78. The first kappa shape index (κ1) is 22.0. The van der Waals surface area contributed by atoms with Crippen LogP contribution in [0.2, 0.25) is 0 Å². The van der Waals surface area contributed by atoms with E-state index in [9.17, 15) is 9.59 Å². The van der Waals surface area contributed by atoms with Gasteiger partial charge in [0.1, 0.15) is 5.82 Å². The van der Waals surface area contributed by atoms with E-state index in [1.54, 1.807) is 6.20 Å². The Labute approximate surface area is 195 Å². The number of hydrogen-bond acceptors (Lipinski definition) is 5. The number of amides is 2. The highest BCUT2D eigenvalue weighted by atomic mass is 16.2. The van der Waals surface area contributed by atoms with E-state index in [4.69, 9.17) is 0 Å². The molecular weight excluding hydrogens is 414 g/mol. The molecule has 0 bridgehead atoms. The molecular formula is C26H33N5O2. The average Bonchev–Trinajstić information content (AvgIpc) is 3.59. The lowest BCUT2D eigenvalue weighted by atomic mass is 10.1. The van der Waals surface area contributed by atoms with Gasteiger partial charge < -0.3 is 9.80 Å². The van der Waals surface area contributed by atoms with Crippen LogP contribution in [0.4, 0.5) is 0 Å². The summed E-state index contributed by atoms with van der Waals surface area (Å²) < 4.78 is 0. The van der Waals surface area contributed by atoms with Gasteiger partial charge in [0.15, 0.2) is 0 Å². The third-order valence-electron chi connectivity index (χ3n) is 7.30. The molecule has 2 fully saturated rings. The summed E-state index contributed by atoms with van der Waals surface area (Å²) in [5, 5.41) is 0. The summed E-state index contributed by atoms with van der Waals surface area (Å²) in [4.78, 5) is 41.0. The smallest absolute Gasteiger partial charge is 0.257 e. The van der Waals surface area contributed by atoms with Gasteiger partial charge in [-0.25, -0.2) is 9.97 Å². The quantitative estimate of drug-likeness (QED) is 0.681. The predicted octanol–water partition coefficient (Wildman–Crippen LogP) is 3.13. The summed E-state index contributed by atoms with van der Waals surface area (Å²) in [6, 6.07) is 8.59. The summed E-state index contributed by atoms with van der Waals surface area (Å²) in [7, 11) is 0. The highest BCUT2D eigenvalue weighted by Crippen LogP contribution is 2.27. The first-order chi connectivity index (χ1) is 16.1. The Balaban J connectivity index is 1.10. The van der Waals surface area contributed by atoms with Crippen LogP contribution in [0.15, 0.2) is 30.5 Å². The van der Waals surface area contributed by atoms with Crippen molar-refractivity contribution in [2.75, 3.05) is 32.7 Å². The van der Waals surface area contributed by atoms with E-state index >= 15 is 0 Å². The highest BCUT2D eigenvalue weighted by Gasteiger charge is 2.30. The molecule has 0 spiro atoms. The van der Waals surface area contributed by atoms with Crippen molar-refractivity contribution in [3.63, 3.8) is 0 Å². The van der Waals surface area contributed by atoms with Crippen LogP contribution in [0.1, 0.15) is 71.0 Å². The molecule has 0 unspecified atom stereocenters. The summed E-state index contributed by atoms with van der Waals surface area (Å²) in [5.74, 6) is 1.18. The second kappa shape index (κ2) is 9.59. The molecule has 7 nitrogen and oxygen atoms in total. The molecule has 2 aromatic rings. The first-order valence-electron chi connectivity index (χ1n) is 12.3. The highest BCUT2D eigenvalue weighted by molar-refractivity contribution is 5.95. The van der Waals surface area contributed by atoms with Gasteiger partial charge in [-0.3, -0.25) is 14.5 Å². The number of carbonyl (C=O) groups excluding carboxylic acids is 2. The van der Waals surface area contributed by atoms with Crippen LogP contribution < -0.4 is 0 Å². The van der Waals surface area contributed by atoms with Gasteiger partial charge in [0, 0.05) is 57.8 Å². The van der Waals surface area contributed by atoms with E-state index in [0.29, 0.717) is 18.5 Å². The van der Waals surface area contributed by atoms with Crippen LogP contribution >= 0.6 is 0 Å². The van der Waals surface area contributed by atoms with Gasteiger partial charge in [-0.05, 0) is 50.3 Å². The van der Waals surface area contributed by atoms with Crippen molar-refractivity contribution >= 4 is 11.8 Å². The largest absolute Gasteiger partial charge is 0.342 e. The normalized spacial score (nSPS) is 20.5. The SMILES string of the molecule is Cc1nc([C@@H]2CCN(C(=O)CCCN3Cc4ccccc4C3)C2)ncc1C(=O)N1CCCC1. The zero-order valence-electron chi connectivity index (χ0n) is 19.5. The summed E-state index contributed by atoms with van der Waals surface area (Å²) in [6.45, 7) is 7.90. The minimum atomic E-state index is 0.0425. The second-order valence-electron chi connectivity index (χ2n) is 9.63. The van der Waals surface area contributed by atoms with Gasteiger partial charge in [-0.2, -0.15) is 0 Å². The van der Waals surface area contributed by atoms with Crippen molar-refractivity contribution < 1.29 is 9.59 Å². The molecule has 2 amide bonds. The fourth-order valence-electron chi connectivity index (χ4n) is 5.35. The van der Waals surface area contributed by atoms with Crippen molar-refractivity contribution in [2.45, 2.75) is 58.0 Å². The van der Waals surface area contributed by atoms with Gasteiger partial charge in [0.05, 0.1) is 11.3 Å². The van der Waals surface area contributed by atoms with Crippen LogP contribution in [0.3, 0.4) is 0 Å². The van der Waals surface area contributed by atoms with Crippen molar-refractivity contribution in [1.82, 2.24) is 24.7 Å². The molecule has 0 N–H and O–H groups in total. The zero-order chi connectivity index (χ0) is 22.8. The maximum Gasteiger partial charge on any atom is 0.257 e. The topological polar surface area (TPSA) is 69.6 Å². The standard InChI is InChI=1S/C26H33N5O2/c1-19-23(26(33)30-12-4-5-13-30)15-27-25(28-19)22-10-14-31(18-22)24(32)9-6-11-29-16-20-7-2-3-8-21(20)17-29/h2-3,7-8,15,22H,4-6,9-14,16-18H2,1H3/t22-/m1/s1. The molecule has 3 aliphatic heterocycles. The maximum absolute atomic E-state index is 12.8. The van der Waals surface area contributed by atoms with Gasteiger partial charge in [-0.15, -0.1) is 0 Å². The van der Waals surface area contributed by atoms with Crippen molar-refractivity contribution in [2.24, 2.45) is 0 Å². The third-order valence-corrected chi connectivity index (χ3v) is 7.30. The van der Waals surface area contributed by atoms with E-state index in [1.807, 2.05) is 16.7 Å². The molecule has 0 aliphatic carbocycles. The Morgan fingerprint density at radius 3 is 2.45 bits per heavy atom. The van der Waals surface area contributed by atoms with Crippen molar-refractivity contribution in [1.29, 1.82) is 0 Å². The van der Waals surface area contributed by atoms with Gasteiger partial charge in [0.2, 0.25) is 5.91 Å². The lowest BCUT2D eigenvalue weighted by molar-refractivity contribution is -0.130. The molecule has 1 aromatic carbocycles. The Kier molecular flexibility index (Phi) is 6.40. The Morgan fingerprint density at radius 1 is 1.03 bits per heavy atom. The number of aromatic nitrogens is 2. The predicted molar refractivity (Wildman–Crippen MR) is 126 cm³/mol. The number of nitrogens with zero attached hydrogens (tertiary/aromatic N) is 5. The Bertz CT molecular complexity index is 1010. The van der Waals surface area contributed by atoms with Gasteiger partial charge in [0.25, 0.3) is 5.91 Å². The zero-order valence-corrected chi connectivity index (χ0v) is 19.5. The monoisotopic (exact) mass is 447 g/mol. The van der Waals surface area contributed by atoms with Gasteiger partial charge in [-0.1, -0.05) is 24.3 Å². The molecule has 33 heavy (non-hydrogen) atoms. The fraction of sp³-hybridized carbons (Fsp3) is 0.538. The molecule has 7 heteroatoms. The molecule has 174 valence electrons. The average molecular weight is 448 g/mol. The van der Waals surface area contributed by atoms with E-state index in [-0.39, 0.29) is 17.7 Å². The van der Waals surface area contributed by atoms with Crippen LogP contribution in [0, 0.1) is 6.92 Å². The molecule has 5 rings (SSSR count). The number of carbonyl (C=O) groups is 2. The second-order valence-corrected chi connectivity index (χ2v) is 9.63. The van der Waals surface area contributed by atoms with Gasteiger partial charge >= 0.3 is 0 Å². The van der Waals surface area contributed by atoms with Crippen LogP contribution in [0.25, 0.3) is 0 Å². The van der Waals surface area contributed by atoms with E-state index in [1.165, 1.54) is 11.1 Å². The lowest BCUT2D eigenvalue weighted by Crippen LogP contribution is -2.30. The number of hydrogen-bond donors (Lipinski definition) is 0. The molecule has 4 heterocycles. The molecule has 3 aliphatic rings. The first-order valence-corrected chi connectivity index (χ1v) is 12.3. The van der Waals surface area contributed by atoms with Crippen molar-refractivity contribution in [3.05, 3.63) is 58.7 Å². The summed E-state index contributed by atoms with van der Waals surface area (Å²) in [6.07, 6.45) is 6.19. The number of likely N-dealkylation sites (tertiary alicyclic amines) is 2. The van der Waals surface area contributed by atoms with Crippen LogP contribution in [-0.4, -0.2) is 69.2 Å². The van der Waals surface area contributed by atoms with Crippen molar-refractivity contribution in [3.8, 4) is 0 Å². The number of rotatable bonds is 6. The maximum atomic E-state index is 12.8. The lowest BCUT2D eigenvalue weighted by Gasteiger charge is -2.19. The number of aryl methyl sites for hydroxylation is 1.